The van der Waals surface area contributed by atoms with E-state index < -0.39 is 0 Å². The summed E-state index contributed by atoms with van der Waals surface area (Å²) in [6, 6.07) is 9.48. The Hall–Kier alpha value is -2.04. The molecule has 0 spiro atoms. The standard InChI is InChI=1S/C20H29NO4/c1-15-9-7-8-12-18(15)21(13-16(2)20(23)24-3)19(22)14-25-17-10-5-4-6-11-17/h4-6,10-11,15-16,18H,7-9,12-14H2,1-3H3. The Morgan fingerprint density at radius 2 is 1.88 bits per heavy atom. The van der Waals surface area contributed by atoms with Gasteiger partial charge >= 0.3 is 5.97 Å². The molecule has 1 aromatic rings. The van der Waals surface area contributed by atoms with E-state index in [1.54, 1.807) is 6.92 Å². The number of nitrogens with zero attached hydrogens (tertiary/aromatic N) is 1. The van der Waals surface area contributed by atoms with Gasteiger partial charge in [0.05, 0.1) is 13.0 Å². The lowest BCUT2D eigenvalue weighted by Crippen LogP contribution is -2.49. The molecule has 3 unspecified atom stereocenters. The second-order valence-corrected chi connectivity index (χ2v) is 6.90. The summed E-state index contributed by atoms with van der Waals surface area (Å²) in [7, 11) is 1.38. The average Bonchev–Trinajstić information content (AvgIpc) is 2.64. The van der Waals surface area contributed by atoms with E-state index in [0.29, 0.717) is 18.2 Å². The third-order valence-corrected chi connectivity index (χ3v) is 4.97. The van der Waals surface area contributed by atoms with Crippen molar-refractivity contribution in [1.82, 2.24) is 4.90 Å². The number of methoxy groups -OCH3 is 1. The lowest BCUT2D eigenvalue weighted by atomic mass is 9.84. The third kappa shape index (κ3) is 5.48. The van der Waals surface area contributed by atoms with Crippen LogP contribution >= 0.6 is 0 Å². The highest BCUT2D eigenvalue weighted by Gasteiger charge is 2.32. The normalized spacial score (nSPS) is 21.2. The predicted octanol–water partition coefficient (Wildman–Crippen LogP) is 3.28. The van der Waals surface area contributed by atoms with Crippen molar-refractivity contribution in [1.29, 1.82) is 0 Å². The SMILES string of the molecule is COC(=O)C(C)CN(C(=O)COc1ccccc1)C1CCCCC1C. The van der Waals surface area contributed by atoms with Crippen LogP contribution in [-0.2, 0) is 14.3 Å². The van der Waals surface area contributed by atoms with Crippen molar-refractivity contribution >= 4 is 11.9 Å². The van der Waals surface area contributed by atoms with Crippen molar-refractivity contribution in [3.05, 3.63) is 30.3 Å². The Balaban J connectivity index is 2.06. The van der Waals surface area contributed by atoms with Crippen LogP contribution in [0.25, 0.3) is 0 Å². The highest BCUT2D eigenvalue weighted by molar-refractivity contribution is 5.79. The van der Waals surface area contributed by atoms with Gasteiger partial charge in [0.2, 0.25) is 0 Å². The molecule has 0 aliphatic heterocycles. The van der Waals surface area contributed by atoms with Gasteiger partial charge in [-0.05, 0) is 30.9 Å². The first kappa shape index (κ1) is 19.3. The maximum absolute atomic E-state index is 12.9. The smallest absolute Gasteiger partial charge is 0.310 e. The van der Waals surface area contributed by atoms with Gasteiger partial charge in [-0.3, -0.25) is 9.59 Å². The van der Waals surface area contributed by atoms with Crippen LogP contribution in [0.4, 0.5) is 0 Å². The van der Waals surface area contributed by atoms with Gasteiger partial charge in [-0.2, -0.15) is 0 Å². The van der Waals surface area contributed by atoms with E-state index in [2.05, 4.69) is 6.92 Å². The average molecular weight is 347 g/mol. The largest absolute Gasteiger partial charge is 0.484 e. The Kier molecular flexibility index (Phi) is 7.29. The maximum atomic E-state index is 12.9. The molecule has 0 heterocycles. The van der Waals surface area contributed by atoms with Crippen LogP contribution in [0, 0.1) is 11.8 Å². The fraction of sp³-hybridized carbons (Fsp3) is 0.600. The van der Waals surface area contributed by atoms with Crippen LogP contribution in [0.3, 0.4) is 0 Å². The van der Waals surface area contributed by atoms with Crippen molar-refractivity contribution < 1.29 is 19.1 Å². The van der Waals surface area contributed by atoms with Crippen molar-refractivity contribution in [3.8, 4) is 5.75 Å². The number of carbonyl (C=O) groups is 2. The topological polar surface area (TPSA) is 55.8 Å². The molecule has 1 aliphatic carbocycles. The molecular weight excluding hydrogens is 318 g/mol. The first-order valence-electron chi connectivity index (χ1n) is 9.08. The summed E-state index contributed by atoms with van der Waals surface area (Å²) in [5.74, 6) is 0.399. The summed E-state index contributed by atoms with van der Waals surface area (Å²) in [5.41, 5.74) is 0. The van der Waals surface area contributed by atoms with Gasteiger partial charge in [0.15, 0.2) is 6.61 Å². The van der Waals surface area contributed by atoms with Gasteiger partial charge in [0.1, 0.15) is 5.75 Å². The maximum Gasteiger partial charge on any atom is 0.310 e. The lowest BCUT2D eigenvalue weighted by molar-refractivity contribution is -0.148. The first-order chi connectivity index (χ1) is 12.0. The Bertz CT molecular complexity index is 560. The molecule has 1 aromatic carbocycles. The monoisotopic (exact) mass is 347 g/mol. The van der Waals surface area contributed by atoms with Crippen molar-refractivity contribution in [2.24, 2.45) is 11.8 Å². The number of carbonyl (C=O) groups excluding carboxylic acids is 2. The number of esters is 1. The molecular formula is C20H29NO4. The lowest BCUT2D eigenvalue weighted by Gasteiger charge is -2.39. The van der Waals surface area contributed by atoms with Gasteiger partial charge in [0, 0.05) is 12.6 Å². The molecule has 0 saturated heterocycles. The van der Waals surface area contributed by atoms with Crippen molar-refractivity contribution in [3.63, 3.8) is 0 Å². The van der Waals surface area contributed by atoms with E-state index in [1.807, 2.05) is 35.2 Å². The van der Waals surface area contributed by atoms with E-state index in [1.165, 1.54) is 13.5 Å². The zero-order valence-electron chi connectivity index (χ0n) is 15.4. The fourth-order valence-corrected chi connectivity index (χ4v) is 3.50. The second-order valence-electron chi connectivity index (χ2n) is 6.90. The molecule has 2 rings (SSSR count). The van der Waals surface area contributed by atoms with Gasteiger partial charge in [-0.1, -0.05) is 44.9 Å². The highest BCUT2D eigenvalue weighted by atomic mass is 16.5. The van der Waals surface area contributed by atoms with Gasteiger partial charge in [-0.15, -0.1) is 0 Å². The second kappa shape index (κ2) is 9.44. The van der Waals surface area contributed by atoms with E-state index in [-0.39, 0.29) is 30.4 Å². The Morgan fingerprint density at radius 3 is 2.52 bits per heavy atom. The number of benzene rings is 1. The van der Waals surface area contributed by atoms with Crippen LogP contribution in [-0.4, -0.2) is 43.1 Å². The molecule has 1 aliphatic rings. The van der Waals surface area contributed by atoms with Crippen LogP contribution < -0.4 is 4.74 Å². The van der Waals surface area contributed by atoms with Crippen LogP contribution in [0.2, 0.25) is 0 Å². The first-order valence-corrected chi connectivity index (χ1v) is 9.08. The van der Waals surface area contributed by atoms with Crippen molar-refractivity contribution in [2.45, 2.75) is 45.6 Å². The fourth-order valence-electron chi connectivity index (χ4n) is 3.50. The Labute approximate surface area is 150 Å². The summed E-state index contributed by atoms with van der Waals surface area (Å²) in [6.07, 6.45) is 4.41. The van der Waals surface area contributed by atoms with Crippen molar-refractivity contribution in [2.75, 3.05) is 20.3 Å². The third-order valence-electron chi connectivity index (χ3n) is 4.97. The molecule has 1 fully saturated rings. The minimum absolute atomic E-state index is 0.0128. The zero-order chi connectivity index (χ0) is 18.2. The zero-order valence-corrected chi connectivity index (χ0v) is 15.4. The van der Waals surface area contributed by atoms with Gasteiger partial charge < -0.3 is 14.4 Å². The quantitative estimate of drug-likeness (QED) is 0.710. The van der Waals surface area contributed by atoms with E-state index in [0.717, 1.165) is 19.3 Å². The summed E-state index contributed by atoms with van der Waals surface area (Å²) in [4.78, 5) is 26.5. The Morgan fingerprint density at radius 1 is 1.20 bits per heavy atom. The number of hydrogen-bond acceptors (Lipinski definition) is 4. The molecule has 5 heteroatoms. The van der Waals surface area contributed by atoms with Crippen LogP contribution in [0.15, 0.2) is 30.3 Å². The number of rotatable bonds is 7. The molecule has 3 atom stereocenters. The minimum Gasteiger partial charge on any atom is -0.484 e. The highest BCUT2D eigenvalue weighted by Crippen LogP contribution is 2.29. The number of hydrogen-bond donors (Lipinski definition) is 0. The molecule has 0 radical (unpaired) electrons. The molecule has 0 bridgehead atoms. The van der Waals surface area contributed by atoms with Crippen LogP contribution in [0.1, 0.15) is 39.5 Å². The van der Waals surface area contributed by atoms with E-state index >= 15 is 0 Å². The van der Waals surface area contributed by atoms with Crippen LogP contribution in [0.5, 0.6) is 5.75 Å². The molecule has 5 nitrogen and oxygen atoms in total. The molecule has 25 heavy (non-hydrogen) atoms. The number of amides is 1. The number of ether oxygens (including phenoxy) is 2. The minimum atomic E-state index is -0.347. The molecule has 138 valence electrons. The summed E-state index contributed by atoms with van der Waals surface area (Å²) >= 11 is 0. The summed E-state index contributed by atoms with van der Waals surface area (Å²) in [5, 5.41) is 0. The molecule has 0 aromatic heterocycles. The predicted molar refractivity (Wildman–Crippen MR) is 96.3 cm³/mol. The molecule has 1 amide bonds. The summed E-state index contributed by atoms with van der Waals surface area (Å²) < 4.78 is 10.5. The molecule has 1 saturated carbocycles. The summed E-state index contributed by atoms with van der Waals surface area (Å²) in [6.45, 7) is 4.35. The van der Waals surface area contributed by atoms with Gasteiger partial charge in [-0.25, -0.2) is 0 Å². The molecule has 0 N–H and O–H groups in total. The van der Waals surface area contributed by atoms with Gasteiger partial charge in [0.25, 0.3) is 5.91 Å². The van der Waals surface area contributed by atoms with E-state index in [4.69, 9.17) is 9.47 Å². The number of para-hydroxylation sites is 1. The van der Waals surface area contributed by atoms with E-state index in [9.17, 15) is 9.59 Å².